The van der Waals surface area contributed by atoms with Crippen LogP contribution in [0.15, 0.2) is 18.2 Å². The molecule has 1 fully saturated rings. The highest BCUT2D eigenvalue weighted by molar-refractivity contribution is 5.78. The zero-order valence-electron chi connectivity index (χ0n) is 13.3. The minimum Gasteiger partial charge on any atom is -0.355 e. The number of halogens is 3. The molecule has 2 aliphatic rings. The molecule has 3 rings (SSSR count). The van der Waals surface area contributed by atoms with E-state index in [1.54, 1.807) is 0 Å². The molecule has 4 nitrogen and oxygen atoms in total. The predicted octanol–water partition coefficient (Wildman–Crippen LogP) is 3.39. The van der Waals surface area contributed by atoms with Gasteiger partial charge in [0.2, 0.25) is 5.91 Å². The first-order valence-corrected chi connectivity index (χ1v) is 8.31. The van der Waals surface area contributed by atoms with E-state index in [2.05, 4.69) is 21.4 Å². The Bertz CT molecular complexity index is 638. The first kappa shape index (κ1) is 16.9. The molecule has 1 aromatic heterocycles. The molecular formula is C17H20F3N3O. The summed E-state index contributed by atoms with van der Waals surface area (Å²) in [4.78, 5) is 19.9. The number of nitrogens with zero attached hydrogens (tertiary/aromatic N) is 2. The molecule has 0 bridgehead atoms. The zero-order chi connectivity index (χ0) is 17.2. The second-order valence-electron chi connectivity index (χ2n) is 6.39. The third-order valence-electron chi connectivity index (χ3n) is 4.37. The minimum atomic E-state index is -4.47. The van der Waals surface area contributed by atoms with Crippen LogP contribution in [-0.4, -0.2) is 22.4 Å². The van der Waals surface area contributed by atoms with Crippen LogP contribution < -0.4 is 5.32 Å². The number of allylic oxidation sites excluding steroid dienone is 2. The van der Waals surface area contributed by atoms with Gasteiger partial charge >= 0.3 is 6.18 Å². The fourth-order valence-electron chi connectivity index (χ4n) is 2.84. The molecular weight excluding hydrogens is 319 g/mol. The quantitative estimate of drug-likeness (QED) is 0.837. The van der Waals surface area contributed by atoms with E-state index in [1.165, 1.54) is 0 Å². The van der Waals surface area contributed by atoms with Crippen LogP contribution in [0.4, 0.5) is 13.2 Å². The van der Waals surface area contributed by atoms with Gasteiger partial charge in [0.1, 0.15) is 11.5 Å². The van der Waals surface area contributed by atoms with Gasteiger partial charge in [-0.25, -0.2) is 9.97 Å². The van der Waals surface area contributed by atoms with Crippen molar-refractivity contribution in [3.05, 3.63) is 35.4 Å². The minimum absolute atomic E-state index is 0.0422. The second kappa shape index (κ2) is 6.91. The van der Waals surface area contributed by atoms with Crippen LogP contribution in [0, 0.1) is 5.92 Å². The third-order valence-corrected chi connectivity index (χ3v) is 4.37. The Kier molecular flexibility index (Phi) is 4.87. The zero-order valence-corrected chi connectivity index (χ0v) is 13.3. The van der Waals surface area contributed by atoms with Gasteiger partial charge in [-0.1, -0.05) is 12.2 Å². The average molecular weight is 339 g/mol. The molecule has 0 spiro atoms. The number of rotatable bonds is 5. The third kappa shape index (κ3) is 4.33. The lowest BCUT2D eigenvalue weighted by Crippen LogP contribution is -2.33. The number of carbonyl (C=O) groups excluding carboxylic acids is 1. The molecule has 1 amide bonds. The van der Waals surface area contributed by atoms with E-state index in [9.17, 15) is 18.0 Å². The first-order valence-electron chi connectivity index (χ1n) is 8.31. The van der Waals surface area contributed by atoms with Gasteiger partial charge in [-0.2, -0.15) is 13.2 Å². The SMILES string of the molecule is O=C(NCCc1nc(C2CC2)cc(C(F)(F)F)n1)C1CC=CCC1. The molecule has 1 N–H and O–H groups in total. The summed E-state index contributed by atoms with van der Waals surface area (Å²) in [6, 6.07) is 1.05. The van der Waals surface area contributed by atoms with Gasteiger partial charge in [0.25, 0.3) is 0 Å². The lowest BCUT2D eigenvalue weighted by Gasteiger charge is -2.17. The van der Waals surface area contributed by atoms with Crippen molar-refractivity contribution in [2.45, 2.75) is 50.6 Å². The summed E-state index contributed by atoms with van der Waals surface area (Å²) in [5.41, 5.74) is -0.422. The summed E-state index contributed by atoms with van der Waals surface area (Å²) in [6.07, 6.45) is 3.95. The van der Waals surface area contributed by atoms with Gasteiger partial charge in [0.15, 0.2) is 0 Å². The van der Waals surface area contributed by atoms with Gasteiger partial charge in [-0.05, 0) is 38.2 Å². The average Bonchev–Trinajstić information content (AvgIpc) is 3.39. The lowest BCUT2D eigenvalue weighted by atomic mass is 9.94. The summed E-state index contributed by atoms with van der Waals surface area (Å²) in [5.74, 6) is 0.181. The first-order chi connectivity index (χ1) is 11.4. The van der Waals surface area contributed by atoms with Crippen LogP contribution in [0.5, 0.6) is 0 Å². The molecule has 1 saturated carbocycles. The molecule has 1 aromatic rings. The van der Waals surface area contributed by atoms with Crippen molar-refractivity contribution in [1.29, 1.82) is 0 Å². The van der Waals surface area contributed by atoms with Crippen molar-refractivity contribution in [3.8, 4) is 0 Å². The van der Waals surface area contributed by atoms with Crippen LogP contribution in [0.2, 0.25) is 0 Å². The van der Waals surface area contributed by atoms with Gasteiger partial charge in [-0.3, -0.25) is 4.79 Å². The Labute approximate surface area is 138 Å². The molecule has 0 aromatic carbocycles. The van der Waals surface area contributed by atoms with Gasteiger partial charge in [-0.15, -0.1) is 0 Å². The smallest absolute Gasteiger partial charge is 0.355 e. The Balaban J connectivity index is 1.61. The molecule has 1 unspecified atom stereocenters. The fraction of sp³-hybridized carbons (Fsp3) is 0.588. The predicted molar refractivity (Wildman–Crippen MR) is 82.2 cm³/mol. The van der Waals surface area contributed by atoms with Gasteiger partial charge in [0, 0.05) is 30.5 Å². The maximum atomic E-state index is 13.0. The van der Waals surface area contributed by atoms with Crippen LogP contribution >= 0.6 is 0 Å². The summed E-state index contributed by atoms with van der Waals surface area (Å²) in [7, 11) is 0. The van der Waals surface area contributed by atoms with E-state index in [-0.39, 0.29) is 36.5 Å². The molecule has 1 heterocycles. The Hall–Kier alpha value is -1.92. The molecule has 2 aliphatic carbocycles. The van der Waals surface area contributed by atoms with Crippen molar-refractivity contribution >= 4 is 5.91 Å². The largest absolute Gasteiger partial charge is 0.433 e. The molecule has 0 aliphatic heterocycles. The molecule has 7 heteroatoms. The molecule has 130 valence electrons. The normalized spacial score (nSPS) is 20.9. The summed E-state index contributed by atoms with van der Waals surface area (Å²) in [6.45, 7) is 0.254. The van der Waals surface area contributed by atoms with Crippen molar-refractivity contribution in [1.82, 2.24) is 15.3 Å². The van der Waals surface area contributed by atoms with E-state index in [1.807, 2.05) is 6.08 Å². The Morgan fingerprint density at radius 3 is 2.62 bits per heavy atom. The van der Waals surface area contributed by atoms with E-state index in [0.717, 1.165) is 38.2 Å². The molecule has 24 heavy (non-hydrogen) atoms. The number of alkyl halides is 3. The fourth-order valence-corrected chi connectivity index (χ4v) is 2.84. The standard InChI is InChI=1S/C17H20F3N3O/c18-17(19,20)14-10-13(11-6-7-11)22-15(23-14)8-9-21-16(24)12-4-2-1-3-5-12/h1-2,10-12H,3-9H2,(H,21,24). The van der Waals surface area contributed by atoms with Crippen molar-refractivity contribution in [3.63, 3.8) is 0 Å². The Morgan fingerprint density at radius 1 is 1.21 bits per heavy atom. The van der Waals surface area contributed by atoms with Crippen molar-refractivity contribution in [2.75, 3.05) is 6.54 Å². The van der Waals surface area contributed by atoms with Gasteiger partial charge < -0.3 is 5.32 Å². The van der Waals surface area contributed by atoms with Crippen molar-refractivity contribution < 1.29 is 18.0 Å². The van der Waals surface area contributed by atoms with E-state index >= 15 is 0 Å². The van der Waals surface area contributed by atoms with Crippen LogP contribution in [0.25, 0.3) is 0 Å². The number of amides is 1. The maximum Gasteiger partial charge on any atom is 0.433 e. The number of hydrogen-bond acceptors (Lipinski definition) is 3. The molecule has 1 atom stereocenters. The number of nitrogens with one attached hydrogen (secondary N) is 1. The van der Waals surface area contributed by atoms with Crippen LogP contribution in [0.3, 0.4) is 0 Å². The number of hydrogen-bond donors (Lipinski definition) is 1. The summed E-state index contributed by atoms with van der Waals surface area (Å²) < 4.78 is 38.9. The van der Waals surface area contributed by atoms with E-state index in [0.29, 0.717) is 5.69 Å². The van der Waals surface area contributed by atoms with Crippen LogP contribution in [0.1, 0.15) is 55.2 Å². The topological polar surface area (TPSA) is 54.9 Å². The lowest BCUT2D eigenvalue weighted by molar-refractivity contribution is -0.141. The highest BCUT2D eigenvalue weighted by Crippen LogP contribution is 2.40. The van der Waals surface area contributed by atoms with Gasteiger partial charge in [0.05, 0.1) is 0 Å². The Morgan fingerprint density at radius 2 is 2.00 bits per heavy atom. The summed E-state index contributed by atoms with van der Waals surface area (Å²) in [5, 5.41) is 2.79. The maximum absolute atomic E-state index is 13.0. The number of carbonyl (C=O) groups is 1. The highest BCUT2D eigenvalue weighted by atomic mass is 19.4. The van der Waals surface area contributed by atoms with Crippen LogP contribution in [-0.2, 0) is 17.4 Å². The van der Waals surface area contributed by atoms with E-state index in [4.69, 9.17) is 0 Å². The monoisotopic (exact) mass is 339 g/mol. The molecule has 0 saturated heterocycles. The second-order valence-corrected chi connectivity index (χ2v) is 6.39. The summed E-state index contributed by atoms with van der Waals surface area (Å²) >= 11 is 0. The van der Waals surface area contributed by atoms with Crippen molar-refractivity contribution in [2.24, 2.45) is 5.92 Å². The molecule has 0 radical (unpaired) electrons. The number of aromatic nitrogens is 2. The van der Waals surface area contributed by atoms with E-state index < -0.39 is 11.9 Å². The highest BCUT2D eigenvalue weighted by Gasteiger charge is 2.35.